The maximum Gasteiger partial charge on any atom is 0.0770 e. The van der Waals surface area contributed by atoms with Gasteiger partial charge in [-0.25, -0.2) is 0 Å². The summed E-state index contributed by atoms with van der Waals surface area (Å²) in [6.07, 6.45) is 7.21. The molecule has 4 heteroatoms. The molecule has 0 atom stereocenters. The van der Waals surface area contributed by atoms with Crippen LogP contribution in [0.4, 0.5) is 5.69 Å². The molecule has 1 saturated carbocycles. The van der Waals surface area contributed by atoms with Crippen molar-refractivity contribution < 1.29 is 5.11 Å². The number of nitrogens with two attached hydrogens (primary N) is 1. The second-order valence-corrected chi connectivity index (χ2v) is 4.98. The molecule has 3 N–H and O–H groups in total. The monoisotopic (exact) mass is 235 g/mol. The zero-order chi connectivity index (χ0) is 12.3. The van der Waals surface area contributed by atoms with E-state index in [-0.39, 0.29) is 0 Å². The molecule has 1 aliphatic rings. The molecule has 0 unspecified atom stereocenters. The molecule has 4 nitrogen and oxygen atoms in total. The number of nitrogens with zero attached hydrogens (tertiary/aromatic N) is 2. The number of aromatic nitrogens is 1. The number of hydrogen-bond acceptors (Lipinski definition) is 4. The Kier molecular flexibility index (Phi) is 3.64. The number of anilines is 1. The highest BCUT2D eigenvalue weighted by Gasteiger charge is 2.33. The summed E-state index contributed by atoms with van der Waals surface area (Å²) in [5.41, 5.74) is 6.10. The summed E-state index contributed by atoms with van der Waals surface area (Å²) in [5.74, 6) is 0. The normalized spacial score (nSPS) is 29.0. The van der Waals surface area contributed by atoms with Crippen LogP contribution in [0.25, 0.3) is 0 Å². The Morgan fingerprint density at radius 2 is 2.24 bits per heavy atom. The summed E-state index contributed by atoms with van der Waals surface area (Å²) < 4.78 is 0. The van der Waals surface area contributed by atoms with E-state index < -0.39 is 5.60 Å². The molecule has 0 saturated heterocycles. The maximum absolute atomic E-state index is 10.1. The molecule has 1 aromatic heterocycles. The molecule has 0 bridgehead atoms. The van der Waals surface area contributed by atoms with E-state index in [0.29, 0.717) is 12.6 Å². The van der Waals surface area contributed by atoms with Gasteiger partial charge in [0, 0.05) is 25.8 Å². The van der Waals surface area contributed by atoms with Gasteiger partial charge in [-0.1, -0.05) is 0 Å². The minimum atomic E-state index is -0.633. The van der Waals surface area contributed by atoms with Crippen molar-refractivity contribution in [1.82, 2.24) is 4.98 Å². The number of rotatable bonds is 3. The number of hydrogen-bond donors (Lipinski definition) is 2. The molecule has 17 heavy (non-hydrogen) atoms. The highest BCUT2D eigenvalue weighted by Crippen LogP contribution is 2.31. The highest BCUT2D eigenvalue weighted by molar-refractivity contribution is 5.43. The highest BCUT2D eigenvalue weighted by atomic mass is 16.3. The standard InChI is InChI=1S/C13H21N3O/c1-16(12-3-2-8-15-9-12)11-4-6-13(17,10-14)7-5-11/h2-3,8-9,11,17H,4-7,10,14H2,1H3. The van der Waals surface area contributed by atoms with E-state index in [1.165, 1.54) is 0 Å². The quantitative estimate of drug-likeness (QED) is 0.825. The van der Waals surface area contributed by atoms with Crippen LogP contribution in [0.2, 0.25) is 0 Å². The number of pyridine rings is 1. The van der Waals surface area contributed by atoms with Crippen LogP contribution < -0.4 is 10.6 Å². The van der Waals surface area contributed by atoms with Gasteiger partial charge in [-0.15, -0.1) is 0 Å². The molecule has 0 aliphatic heterocycles. The zero-order valence-electron chi connectivity index (χ0n) is 10.3. The summed E-state index contributed by atoms with van der Waals surface area (Å²) in [6.45, 7) is 0.371. The molecular formula is C13H21N3O. The van der Waals surface area contributed by atoms with Gasteiger partial charge in [0.2, 0.25) is 0 Å². The van der Waals surface area contributed by atoms with E-state index in [0.717, 1.165) is 31.4 Å². The number of aliphatic hydroxyl groups is 1. The van der Waals surface area contributed by atoms with Gasteiger partial charge < -0.3 is 15.7 Å². The molecule has 1 heterocycles. The minimum absolute atomic E-state index is 0.371. The molecule has 1 aromatic rings. The molecule has 0 spiro atoms. The van der Waals surface area contributed by atoms with Crippen LogP contribution in [0, 0.1) is 0 Å². The van der Waals surface area contributed by atoms with Crippen molar-refractivity contribution in [1.29, 1.82) is 0 Å². The summed E-state index contributed by atoms with van der Waals surface area (Å²) >= 11 is 0. The van der Waals surface area contributed by atoms with Gasteiger partial charge in [-0.05, 0) is 37.8 Å². The van der Waals surface area contributed by atoms with Crippen molar-refractivity contribution in [2.24, 2.45) is 5.73 Å². The summed E-state index contributed by atoms with van der Waals surface area (Å²) in [4.78, 5) is 6.39. The smallest absolute Gasteiger partial charge is 0.0770 e. The minimum Gasteiger partial charge on any atom is -0.389 e. The largest absolute Gasteiger partial charge is 0.389 e. The van der Waals surface area contributed by atoms with Crippen molar-refractivity contribution in [2.45, 2.75) is 37.3 Å². The van der Waals surface area contributed by atoms with Gasteiger partial charge in [0.05, 0.1) is 17.5 Å². The summed E-state index contributed by atoms with van der Waals surface area (Å²) in [7, 11) is 2.09. The van der Waals surface area contributed by atoms with Crippen molar-refractivity contribution in [3.63, 3.8) is 0 Å². The van der Waals surface area contributed by atoms with Crippen LogP contribution in [0.5, 0.6) is 0 Å². The summed E-state index contributed by atoms with van der Waals surface area (Å²) in [6, 6.07) is 4.49. The first-order chi connectivity index (χ1) is 8.14. The Labute approximate surface area is 102 Å². The first-order valence-corrected chi connectivity index (χ1v) is 6.20. The zero-order valence-corrected chi connectivity index (χ0v) is 10.3. The molecule has 94 valence electrons. The third kappa shape index (κ3) is 2.76. The van der Waals surface area contributed by atoms with Crippen LogP contribution >= 0.6 is 0 Å². The Morgan fingerprint density at radius 1 is 1.53 bits per heavy atom. The van der Waals surface area contributed by atoms with E-state index in [1.807, 2.05) is 12.3 Å². The van der Waals surface area contributed by atoms with Crippen molar-refractivity contribution in [3.05, 3.63) is 24.5 Å². The lowest BCUT2D eigenvalue weighted by Crippen LogP contribution is -2.46. The van der Waals surface area contributed by atoms with Crippen LogP contribution in [0.15, 0.2) is 24.5 Å². The molecule has 0 amide bonds. The van der Waals surface area contributed by atoms with E-state index in [1.54, 1.807) is 6.20 Å². The molecule has 1 fully saturated rings. The lowest BCUT2D eigenvalue weighted by Gasteiger charge is -2.39. The van der Waals surface area contributed by atoms with Crippen LogP contribution in [-0.4, -0.2) is 35.3 Å². The predicted octanol–water partition coefficient (Wildman–Crippen LogP) is 1.15. The Morgan fingerprint density at radius 3 is 2.76 bits per heavy atom. The van der Waals surface area contributed by atoms with Gasteiger partial charge in [-0.2, -0.15) is 0 Å². The first kappa shape index (κ1) is 12.3. The average Bonchev–Trinajstić information content (AvgIpc) is 2.40. The molecular weight excluding hydrogens is 214 g/mol. The fraction of sp³-hybridized carbons (Fsp3) is 0.615. The topological polar surface area (TPSA) is 62.4 Å². The van der Waals surface area contributed by atoms with Gasteiger partial charge in [0.1, 0.15) is 0 Å². The van der Waals surface area contributed by atoms with Crippen LogP contribution in [0.1, 0.15) is 25.7 Å². The summed E-state index contributed by atoms with van der Waals surface area (Å²) in [5, 5.41) is 10.1. The SMILES string of the molecule is CN(c1cccnc1)C1CCC(O)(CN)CC1. The molecule has 0 radical (unpaired) electrons. The van der Waals surface area contributed by atoms with Crippen molar-refractivity contribution in [3.8, 4) is 0 Å². The van der Waals surface area contributed by atoms with Crippen LogP contribution in [0.3, 0.4) is 0 Å². The lowest BCUT2D eigenvalue weighted by atomic mass is 9.81. The van der Waals surface area contributed by atoms with E-state index in [9.17, 15) is 5.11 Å². The van der Waals surface area contributed by atoms with Crippen LogP contribution in [-0.2, 0) is 0 Å². The van der Waals surface area contributed by atoms with Crippen molar-refractivity contribution in [2.75, 3.05) is 18.5 Å². The van der Waals surface area contributed by atoms with Crippen molar-refractivity contribution >= 4 is 5.69 Å². The Hall–Kier alpha value is -1.13. The second kappa shape index (κ2) is 5.02. The van der Waals surface area contributed by atoms with Gasteiger partial charge in [0.25, 0.3) is 0 Å². The second-order valence-electron chi connectivity index (χ2n) is 4.98. The third-order valence-electron chi connectivity index (χ3n) is 3.87. The predicted molar refractivity (Wildman–Crippen MR) is 68.9 cm³/mol. The maximum atomic E-state index is 10.1. The van der Waals surface area contributed by atoms with E-state index in [2.05, 4.69) is 23.0 Å². The van der Waals surface area contributed by atoms with Gasteiger partial charge in [-0.3, -0.25) is 4.98 Å². The molecule has 1 aliphatic carbocycles. The Bertz CT molecular complexity index is 347. The fourth-order valence-corrected chi connectivity index (χ4v) is 2.50. The Balaban J connectivity index is 1.97. The third-order valence-corrected chi connectivity index (χ3v) is 3.87. The molecule has 0 aromatic carbocycles. The van der Waals surface area contributed by atoms with Gasteiger partial charge >= 0.3 is 0 Å². The first-order valence-electron chi connectivity index (χ1n) is 6.20. The van der Waals surface area contributed by atoms with E-state index in [4.69, 9.17) is 5.73 Å². The van der Waals surface area contributed by atoms with E-state index >= 15 is 0 Å². The molecule has 2 rings (SSSR count). The average molecular weight is 235 g/mol. The fourth-order valence-electron chi connectivity index (χ4n) is 2.50. The lowest BCUT2D eigenvalue weighted by molar-refractivity contribution is 0.00800. The van der Waals surface area contributed by atoms with Gasteiger partial charge in [0.15, 0.2) is 0 Å².